The minimum absolute atomic E-state index is 0.597. The monoisotopic (exact) mass is 313 g/mol. The van der Waals surface area contributed by atoms with E-state index < -0.39 is 0 Å². The van der Waals surface area contributed by atoms with Crippen LogP contribution in [0.5, 0.6) is 0 Å². The summed E-state index contributed by atoms with van der Waals surface area (Å²) in [6.45, 7) is 19.3. The molecule has 0 atom stereocenters. The number of nitrogens with zero attached hydrogens (tertiary/aromatic N) is 3. The number of likely N-dealkylation sites (N-methyl/N-ethyl adjacent to an activating group) is 1. The first-order valence-electron chi connectivity index (χ1n) is 8.88. The molecule has 5 nitrogen and oxygen atoms in total. The predicted octanol–water partition coefficient (Wildman–Crippen LogP) is 2.00. The Morgan fingerprint density at radius 2 is 1.64 bits per heavy atom. The molecule has 0 aliphatic rings. The third kappa shape index (κ3) is 10.0. The number of nitrogens with one attached hydrogen (secondary N) is 2. The highest BCUT2D eigenvalue weighted by atomic mass is 15.2. The predicted molar refractivity (Wildman–Crippen MR) is 98.7 cm³/mol. The normalized spacial score (nSPS) is 12.8. The molecule has 0 saturated carbocycles. The van der Waals surface area contributed by atoms with Crippen LogP contribution in [-0.4, -0.2) is 74.2 Å². The average Bonchev–Trinajstić information content (AvgIpc) is 2.45. The van der Waals surface area contributed by atoms with Gasteiger partial charge in [0.2, 0.25) is 0 Å². The lowest BCUT2D eigenvalue weighted by molar-refractivity contribution is 0.174. The zero-order valence-corrected chi connectivity index (χ0v) is 15.9. The maximum atomic E-state index is 4.68. The summed E-state index contributed by atoms with van der Waals surface area (Å²) in [4.78, 5) is 9.49. The lowest BCUT2D eigenvalue weighted by Gasteiger charge is -2.30. The van der Waals surface area contributed by atoms with E-state index in [4.69, 9.17) is 0 Å². The van der Waals surface area contributed by atoms with E-state index >= 15 is 0 Å². The van der Waals surface area contributed by atoms with Crippen LogP contribution in [0.3, 0.4) is 0 Å². The Morgan fingerprint density at radius 1 is 1.00 bits per heavy atom. The fourth-order valence-electron chi connectivity index (χ4n) is 2.42. The van der Waals surface area contributed by atoms with E-state index in [1.54, 1.807) is 0 Å². The second-order valence-corrected chi connectivity index (χ2v) is 6.36. The number of hydrogen-bond donors (Lipinski definition) is 2. The molecule has 22 heavy (non-hydrogen) atoms. The third-order valence-corrected chi connectivity index (χ3v) is 3.84. The van der Waals surface area contributed by atoms with Crippen LogP contribution in [-0.2, 0) is 0 Å². The molecule has 0 radical (unpaired) electrons. The van der Waals surface area contributed by atoms with E-state index in [9.17, 15) is 0 Å². The van der Waals surface area contributed by atoms with Crippen LogP contribution in [0.4, 0.5) is 0 Å². The van der Waals surface area contributed by atoms with Crippen LogP contribution >= 0.6 is 0 Å². The molecule has 0 spiro atoms. The molecule has 0 bridgehead atoms. The molecule has 0 amide bonds. The van der Waals surface area contributed by atoms with Gasteiger partial charge in [-0.25, -0.2) is 0 Å². The fraction of sp³-hybridized carbons (Fsp3) is 0.941. The molecule has 132 valence electrons. The molecule has 0 aliphatic carbocycles. The van der Waals surface area contributed by atoms with E-state index in [1.165, 1.54) is 0 Å². The highest BCUT2D eigenvalue weighted by Crippen LogP contribution is 2.05. The van der Waals surface area contributed by atoms with Crippen molar-refractivity contribution in [2.45, 2.75) is 60.0 Å². The van der Waals surface area contributed by atoms with E-state index in [1.807, 2.05) is 0 Å². The van der Waals surface area contributed by atoms with Crippen LogP contribution < -0.4 is 10.6 Å². The van der Waals surface area contributed by atoms with E-state index in [-0.39, 0.29) is 0 Å². The summed E-state index contributed by atoms with van der Waals surface area (Å²) in [5.74, 6) is 0.938. The van der Waals surface area contributed by atoms with E-state index in [2.05, 4.69) is 74.0 Å². The summed E-state index contributed by atoms with van der Waals surface area (Å²) < 4.78 is 0. The van der Waals surface area contributed by atoms with Crippen LogP contribution in [0, 0.1) is 0 Å². The second kappa shape index (κ2) is 12.7. The smallest absolute Gasteiger partial charge is 0.191 e. The van der Waals surface area contributed by atoms with Crippen LogP contribution in [0.15, 0.2) is 4.99 Å². The van der Waals surface area contributed by atoms with Crippen LogP contribution in [0.1, 0.15) is 48.0 Å². The first-order valence-corrected chi connectivity index (χ1v) is 8.88. The van der Waals surface area contributed by atoms with Crippen molar-refractivity contribution in [2.24, 2.45) is 4.99 Å². The maximum absolute atomic E-state index is 4.68. The zero-order chi connectivity index (χ0) is 17.0. The van der Waals surface area contributed by atoms with Gasteiger partial charge >= 0.3 is 0 Å². The highest BCUT2D eigenvalue weighted by molar-refractivity contribution is 5.79. The molecule has 0 fully saturated rings. The minimum Gasteiger partial charge on any atom is -0.357 e. The topological polar surface area (TPSA) is 42.9 Å². The molecular weight excluding hydrogens is 274 g/mol. The summed E-state index contributed by atoms with van der Waals surface area (Å²) in [5.41, 5.74) is 0. The van der Waals surface area contributed by atoms with Crippen LogP contribution in [0.2, 0.25) is 0 Å². The minimum atomic E-state index is 0.597. The lowest BCUT2D eigenvalue weighted by Crippen LogP contribution is -2.41. The van der Waals surface area contributed by atoms with Gasteiger partial charge in [-0.15, -0.1) is 0 Å². The molecule has 0 saturated heterocycles. The number of rotatable bonds is 11. The van der Waals surface area contributed by atoms with Crippen molar-refractivity contribution in [1.82, 2.24) is 20.4 Å². The van der Waals surface area contributed by atoms with E-state index in [0.29, 0.717) is 12.1 Å². The summed E-state index contributed by atoms with van der Waals surface area (Å²) in [6, 6.07) is 1.19. The lowest BCUT2D eigenvalue weighted by atomic mass is 10.2. The average molecular weight is 314 g/mol. The van der Waals surface area contributed by atoms with Gasteiger partial charge in [-0.05, 0) is 54.6 Å². The fourth-order valence-corrected chi connectivity index (χ4v) is 2.42. The van der Waals surface area contributed by atoms with E-state index in [0.717, 1.165) is 51.6 Å². The Balaban J connectivity index is 4.15. The van der Waals surface area contributed by atoms with Crippen molar-refractivity contribution in [3.05, 3.63) is 0 Å². The van der Waals surface area contributed by atoms with Gasteiger partial charge < -0.3 is 15.5 Å². The van der Waals surface area contributed by atoms with Crippen molar-refractivity contribution in [3.63, 3.8) is 0 Å². The summed E-state index contributed by atoms with van der Waals surface area (Å²) in [6.07, 6.45) is 1.10. The van der Waals surface area contributed by atoms with Crippen molar-refractivity contribution in [3.8, 4) is 0 Å². The molecule has 0 rings (SSSR count). The third-order valence-electron chi connectivity index (χ3n) is 3.84. The first kappa shape index (κ1) is 21.2. The first-order chi connectivity index (χ1) is 10.4. The van der Waals surface area contributed by atoms with Crippen molar-refractivity contribution in [2.75, 3.05) is 46.3 Å². The standard InChI is InChI=1S/C17H39N5/c1-8-18-17(20-12-14-21(7)9-2)19-11-10-13-22(15(3)4)16(5)6/h15-16H,8-14H2,1-7H3,(H2,18,19,20). The second-order valence-electron chi connectivity index (χ2n) is 6.36. The number of guanidine groups is 1. The van der Waals surface area contributed by atoms with Gasteiger partial charge in [-0.3, -0.25) is 9.89 Å². The van der Waals surface area contributed by atoms with Gasteiger partial charge in [0.15, 0.2) is 5.96 Å². The Labute approximate surface area is 138 Å². The molecule has 0 heterocycles. The van der Waals surface area contributed by atoms with Gasteiger partial charge in [0.05, 0.1) is 0 Å². The SMILES string of the molecule is CCNC(=NCCCN(C(C)C)C(C)C)NCCN(C)CC. The molecular formula is C17H39N5. The van der Waals surface area contributed by atoms with Crippen molar-refractivity contribution >= 4 is 5.96 Å². The van der Waals surface area contributed by atoms with Crippen LogP contribution in [0.25, 0.3) is 0 Å². The highest BCUT2D eigenvalue weighted by Gasteiger charge is 2.12. The van der Waals surface area contributed by atoms with Gasteiger partial charge in [0, 0.05) is 44.8 Å². The van der Waals surface area contributed by atoms with Gasteiger partial charge in [0.1, 0.15) is 0 Å². The molecule has 0 aromatic carbocycles. The van der Waals surface area contributed by atoms with Gasteiger partial charge in [-0.2, -0.15) is 0 Å². The molecule has 0 unspecified atom stereocenters. The Hall–Kier alpha value is -0.810. The number of hydrogen-bond acceptors (Lipinski definition) is 3. The van der Waals surface area contributed by atoms with Crippen molar-refractivity contribution in [1.29, 1.82) is 0 Å². The number of aliphatic imine (C=N–C) groups is 1. The Bertz CT molecular complexity index is 281. The van der Waals surface area contributed by atoms with Gasteiger partial charge in [0.25, 0.3) is 0 Å². The molecule has 0 aromatic rings. The quantitative estimate of drug-likeness (QED) is 0.348. The zero-order valence-electron chi connectivity index (χ0n) is 15.9. The molecule has 0 aromatic heterocycles. The van der Waals surface area contributed by atoms with Crippen molar-refractivity contribution < 1.29 is 0 Å². The Kier molecular flexibility index (Phi) is 12.2. The Morgan fingerprint density at radius 3 is 2.14 bits per heavy atom. The molecule has 2 N–H and O–H groups in total. The summed E-state index contributed by atoms with van der Waals surface area (Å²) in [5, 5.41) is 6.72. The summed E-state index contributed by atoms with van der Waals surface area (Å²) in [7, 11) is 2.14. The molecule has 5 heteroatoms. The molecule has 0 aliphatic heterocycles. The largest absolute Gasteiger partial charge is 0.357 e. The van der Waals surface area contributed by atoms with Gasteiger partial charge in [-0.1, -0.05) is 6.92 Å². The summed E-state index contributed by atoms with van der Waals surface area (Å²) >= 11 is 0. The maximum Gasteiger partial charge on any atom is 0.191 e.